The summed E-state index contributed by atoms with van der Waals surface area (Å²) in [5, 5.41) is 9.25. The van der Waals surface area contributed by atoms with Crippen LogP contribution in [0.15, 0.2) is 11.6 Å². The van der Waals surface area contributed by atoms with E-state index in [4.69, 9.17) is 0 Å². The van der Waals surface area contributed by atoms with Crippen molar-refractivity contribution in [2.75, 3.05) is 19.7 Å². The van der Waals surface area contributed by atoms with E-state index >= 15 is 0 Å². The van der Waals surface area contributed by atoms with Gasteiger partial charge >= 0.3 is 0 Å². The van der Waals surface area contributed by atoms with Gasteiger partial charge in [0.25, 0.3) is 0 Å². The van der Waals surface area contributed by atoms with Crippen molar-refractivity contribution >= 4 is 5.78 Å². The van der Waals surface area contributed by atoms with E-state index in [0.717, 1.165) is 37.9 Å². The van der Waals surface area contributed by atoms with Crippen LogP contribution in [0, 0.1) is 5.92 Å². The Hall–Kier alpha value is -0.670. The number of ketones is 1. The Kier molecular flexibility index (Phi) is 3.77. The lowest BCUT2D eigenvalue weighted by Gasteiger charge is -2.42. The average Bonchev–Trinajstić information content (AvgIpc) is 2.28. The van der Waals surface area contributed by atoms with E-state index in [9.17, 15) is 9.90 Å². The summed E-state index contributed by atoms with van der Waals surface area (Å²) >= 11 is 0. The molecule has 0 aromatic carbocycles. The largest absolute Gasteiger partial charge is 0.392 e. The zero-order chi connectivity index (χ0) is 11.5. The maximum absolute atomic E-state index is 11.5. The Labute approximate surface area is 97.1 Å². The van der Waals surface area contributed by atoms with Gasteiger partial charge in [0.2, 0.25) is 0 Å². The summed E-state index contributed by atoms with van der Waals surface area (Å²) in [6.45, 7) is 4.28. The molecule has 2 atom stereocenters. The second kappa shape index (κ2) is 5.11. The predicted octanol–water partition coefficient (Wildman–Crippen LogP) is 1.37. The molecule has 0 spiro atoms. The third-order valence-corrected chi connectivity index (χ3v) is 3.72. The van der Waals surface area contributed by atoms with Crippen molar-refractivity contribution in [1.82, 2.24) is 4.90 Å². The highest BCUT2D eigenvalue weighted by Gasteiger charge is 2.34. The highest BCUT2D eigenvalue weighted by Crippen LogP contribution is 2.32. The molecule has 0 radical (unpaired) electrons. The van der Waals surface area contributed by atoms with Crippen LogP contribution in [0.4, 0.5) is 0 Å². The number of carbonyl (C=O) groups is 1. The first kappa shape index (κ1) is 11.8. The van der Waals surface area contributed by atoms with Gasteiger partial charge in [-0.25, -0.2) is 0 Å². The Morgan fingerprint density at radius 1 is 1.56 bits per heavy atom. The topological polar surface area (TPSA) is 40.5 Å². The molecule has 90 valence electrons. The fourth-order valence-electron chi connectivity index (χ4n) is 3.02. The fourth-order valence-corrected chi connectivity index (χ4v) is 3.02. The molecule has 3 heteroatoms. The summed E-state index contributed by atoms with van der Waals surface area (Å²) in [6.07, 6.45) is 5.69. The molecule has 1 saturated carbocycles. The molecule has 1 fully saturated rings. The van der Waals surface area contributed by atoms with Gasteiger partial charge < -0.3 is 5.11 Å². The molecular weight excluding hydrogens is 202 g/mol. The van der Waals surface area contributed by atoms with E-state index in [0.29, 0.717) is 24.2 Å². The standard InChI is InChI=1S/C13H21NO2/c1-2-5-14-8-10(9-15)6-11-7-12(16)3-4-13(11)14/h6,11,13,15H,2-5,7-9H2,1H3/t11-,13-/m1/s1. The van der Waals surface area contributed by atoms with Crippen LogP contribution in [0.5, 0.6) is 0 Å². The molecule has 0 amide bonds. The molecule has 0 aromatic heterocycles. The predicted molar refractivity (Wildman–Crippen MR) is 63.2 cm³/mol. The lowest BCUT2D eigenvalue weighted by atomic mass is 9.79. The van der Waals surface area contributed by atoms with Crippen LogP contribution in [-0.4, -0.2) is 41.5 Å². The number of nitrogens with zero attached hydrogens (tertiary/aromatic N) is 1. The molecular formula is C13H21NO2. The minimum absolute atomic E-state index is 0.137. The first-order valence-corrected chi connectivity index (χ1v) is 6.30. The van der Waals surface area contributed by atoms with Crippen molar-refractivity contribution in [3.8, 4) is 0 Å². The van der Waals surface area contributed by atoms with Crippen molar-refractivity contribution in [2.45, 2.75) is 38.6 Å². The zero-order valence-corrected chi connectivity index (χ0v) is 9.98. The molecule has 1 N–H and O–H groups in total. The zero-order valence-electron chi connectivity index (χ0n) is 9.98. The second-order valence-corrected chi connectivity index (χ2v) is 4.97. The lowest BCUT2D eigenvalue weighted by Crippen LogP contribution is -2.48. The van der Waals surface area contributed by atoms with Gasteiger partial charge in [0, 0.05) is 25.4 Å². The number of Topliss-reactive ketones (excluding diaryl/α,β-unsaturated/α-hetero) is 1. The van der Waals surface area contributed by atoms with Crippen LogP contribution in [0.25, 0.3) is 0 Å². The number of fused-ring (bicyclic) bond motifs is 1. The summed E-state index contributed by atoms with van der Waals surface area (Å²) in [7, 11) is 0. The van der Waals surface area contributed by atoms with Gasteiger partial charge in [-0.3, -0.25) is 9.69 Å². The van der Waals surface area contributed by atoms with Crippen LogP contribution >= 0.6 is 0 Å². The minimum Gasteiger partial charge on any atom is -0.392 e. The first-order valence-electron chi connectivity index (χ1n) is 6.30. The van der Waals surface area contributed by atoms with Crippen LogP contribution in [0.2, 0.25) is 0 Å². The van der Waals surface area contributed by atoms with Gasteiger partial charge in [-0.05, 0) is 30.9 Å². The van der Waals surface area contributed by atoms with Crippen molar-refractivity contribution < 1.29 is 9.90 Å². The van der Waals surface area contributed by atoms with E-state index in [2.05, 4.69) is 17.9 Å². The Morgan fingerprint density at radius 2 is 2.38 bits per heavy atom. The quantitative estimate of drug-likeness (QED) is 0.735. The van der Waals surface area contributed by atoms with Crippen molar-refractivity contribution in [2.24, 2.45) is 5.92 Å². The highest BCUT2D eigenvalue weighted by atomic mass is 16.3. The normalized spacial score (nSPS) is 31.1. The van der Waals surface area contributed by atoms with Crippen LogP contribution in [0.1, 0.15) is 32.6 Å². The number of carbonyl (C=O) groups excluding carboxylic acids is 1. The lowest BCUT2D eigenvalue weighted by molar-refractivity contribution is -0.122. The fraction of sp³-hybridized carbons (Fsp3) is 0.769. The number of hydrogen-bond donors (Lipinski definition) is 1. The maximum Gasteiger partial charge on any atom is 0.133 e. The van der Waals surface area contributed by atoms with Crippen molar-refractivity contribution in [3.63, 3.8) is 0 Å². The van der Waals surface area contributed by atoms with Gasteiger partial charge in [0.05, 0.1) is 6.61 Å². The number of aliphatic hydroxyl groups is 1. The number of aliphatic hydroxyl groups excluding tert-OH is 1. The molecule has 0 bridgehead atoms. The molecule has 1 aliphatic carbocycles. The number of hydrogen-bond acceptors (Lipinski definition) is 3. The third-order valence-electron chi connectivity index (χ3n) is 3.72. The molecule has 0 unspecified atom stereocenters. The van der Waals surface area contributed by atoms with E-state index < -0.39 is 0 Å². The van der Waals surface area contributed by atoms with E-state index in [1.54, 1.807) is 0 Å². The molecule has 3 nitrogen and oxygen atoms in total. The third kappa shape index (κ3) is 2.36. The average molecular weight is 223 g/mol. The van der Waals surface area contributed by atoms with E-state index in [1.165, 1.54) is 0 Å². The van der Waals surface area contributed by atoms with E-state index in [1.807, 2.05) is 0 Å². The first-order chi connectivity index (χ1) is 7.74. The van der Waals surface area contributed by atoms with Gasteiger partial charge in [0.1, 0.15) is 5.78 Å². The summed E-state index contributed by atoms with van der Waals surface area (Å²) < 4.78 is 0. The highest BCUT2D eigenvalue weighted by molar-refractivity contribution is 5.80. The Bertz CT molecular complexity index is 298. The van der Waals surface area contributed by atoms with Crippen LogP contribution < -0.4 is 0 Å². The van der Waals surface area contributed by atoms with Gasteiger partial charge in [-0.1, -0.05) is 13.0 Å². The SMILES string of the molecule is CCCN1CC(CO)=C[C@@H]2CC(=O)CC[C@H]21. The molecule has 2 rings (SSSR count). The second-order valence-electron chi connectivity index (χ2n) is 4.97. The van der Waals surface area contributed by atoms with E-state index in [-0.39, 0.29) is 6.61 Å². The van der Waals surface area contributed by atoms with Crippen molar-refractivity contribution in [3.05, 3.63) is 11.6 Å². The Balaban J connectivity index is 2.14. The molecule has 0 saturated heterocycles. The smallest absolute Gasteiger partial charge is 0.133 e. The van der Waals surface area contributed by atoms with Gasteiger partial charge in [0.15, 0.2) is 0 Å². The summed E-state index contributed by atoms with van der Waals surface area (Å²) in [4.78, 5) is 13.9. The molecule has 1 heterocycles. The molecule has 1 aliphatic heterocycles. The van der Waals surface area contributed by atoms with Crippen molar-refractivity contribution in [1.29, 1.82) is 0 Å². The monoisotopic (exact) mass is 223 g/mol. The molecule has 2 aliphatic rings. The molecule has 0 aromatic rings. The summed E-state index contributed by atoms with van der Waals surface area (Å²) in [5.74, 6) is 0.733. The molecule has 16 heavy (non-hydrogen) atoms. The van der Waals surface area contributed by atoms with Gasteiger partial charge in [-0.2, -0.15) is 0 Å². The number of rotatable bonds is 3. The van der Waals surface area contributed by atoms with Gasteiger partial charge in [-0.15, -0.1) is 0 Å². The van der Waals surface area contributed by atoms with Crippen LogP contribution in [0.3, 0.4) is 0 Å². The maximum atomic E-state index is 11.5. The summed E-state index contributed by atoms with van der Waals surface area (Å²) in [6, 6.07) is 0.535. The Morgan fingerprint density at radius 3 is 3.06 bits per heavy atom. The minimum atomic E-state index is 0.137. The summed E-state index contributed by atoms with van der Waals surface area (Å²) in [5.41, 5.74) is 1.09. The van der Waals surface area contributed by atoms with Crippen LogP contribution in [-0.2, 0) is 4.79 Å².